The average molecular weight is 308 g/mol. The van der Waals surface area contributed by atoms with E-state index >= 15 is 0 Å². The van der Waals surface area contributed by atoms with E-state index in [4.69, 9.17) is 16.7 Å². The summed E-state index contributed by atoms with van der Waals surface area (Å²) in [7, 11) is -4.14. The van der Waals surface area contributed by atoms with Crippen LogP contribution in [0.1, 0.15) is 30.1 Å². The zero-order valence-electron chi connectivity index (χ0n) is 9.91. The van der Waals surface area contributed by atoms with E-state index in [-0.39, 0.29) is 5.02 Å². The van der Waals surface area contributed by atoms with Crippen molar-refractivity contribution in [2.24, 2.45) is 0 Å². The SMILES string of the molecule is CC1(NS(=O)(=O)c2cc(Cl)cc(C(=O)O)c2F)CC1. The fourth-order valence-corrected chi connectivity index (χ4v) is 3.46. The van der Waals surface area contributed by atoms with Gasteiger partial charge in [0.05, 0.1) is 5.56 Å². The molecule has 1 aromatic rings. The molecule has 0 spiro atoms. The van der Waals surface area contributed by atoms with Crippen LogP contribution in [0.2, 0.25) is 5.02 Å². The molecule has 1 fully saturated rings. The highest BCUT2D eigenvalue weighted by atomic mass is 35.5. The second-order valence-electron chi connectivity index (χ2n) is 4.74. The fourth-order valence-electron chi connectivity index (χ4n) is 1.58. The summed E-state index contributed by atoms with van der Waals surface area (Å²) in [6, 6.07) is 1.77. The van der Waals surface area contributed by atoms with E-state index in [1.165, 1.54) is 0 Å². The van der Waals surface area contributed by atoms with Crippen molar-refractivity contribution in [1.29, 1.82) is 0 Å². The topological polar surface area (TPSA) is 83.5 Å². The molecule has 0 bridgehead atoms. The van der Waals surface area contributed by atoms with Gasteiger partial charge in [-0.1, -0.05) is 11.6 Å². The van der Waals surface area contributed by atoms with Gasteiger partial charge in [0.15, 0.2) is 5.82 Å². The van der Waals surface area contributed by atoms with Crippen LogP contribution >= 0.6 is 11.6 Å². The summed E-state index contributed by atoms with van der Waals surface area (Å²) in [4.78, 5) is 10.1. The van der Waals surface area contributed by atoms with E-state index in [0.29, 0.717) is 12.8 Å². The number of carboxylic acid groups (broad SMARTS) is 1. The number of rotatable bonds is 4. The molecule has 0 radical (unpaired) electrons. The van der Waals surface area contributed by atoms with Crippen LogP contribution in [0.5, 0.6) is 0 Å². The number of nitrogens with one attached hydrogen (secondary N) is 1. The zero-order valence-corrected chi connectivity index (χ0v) is 11.5. The molecule has 1 saturated carbocycles. The van der Waals surface area contributed by atoms with Gasteiger partial charge in [-0.3, -0.25) is 0 Å². The van der Waals surface area contributed by atoms with Gasteiger partial charge in [-0.2, -0.15) is 0 Å². The third-order valence-electron chi connectivity index (χ3n) is 2.90. The maximum Gasteiger partial charge on any atom is 0.338 e. The number of halogens is 2. The summed E-state index contributed by atoms with van der Waals surface area (Å²) in [5.74, 6) is -2.89. The van der Waals surface area contributed by atoms with Gasteiger partial charge in [0, 0.05) is 10.6 Å². The molecule has 1 aromatic carbocycles. The molecule has 5 nitrogen and oxygen atoms in total. The highest BCUT2D eigenvalue weighted by molar-refractivity contribution is 7.89. The predicted molar refractivity (Wildman–Crippen MR) is 66.3 cm³/mol. The minimum Gasteiger partial charge on any atom is -0.478 e. The van der Waals surface area contributed by atoms with Crippen molar-refractivity contribution in [3.8, 4) is 0 Å². The van der Waals surface area contributed by atoms with Gasteiger partial charge in [-0.25, -0.2) is 22.3 Å². The first-order valence-corrected chi connectivity index (χ1v) is 7.27. The first-order chi connectivity index (χ1) is 8.65. The van der Waals surface area contributed by atoms with Gasteiger partial charge >= 0.3 is 5.97 Å². The van der Waals surface area contributed by atoms with Crippen molar-refractivity contribution in [1.82, 2.24) is 4.72 Å². The van der Waals surface area contributed by atoms with E-state index in [1.54, 1.807) is 6.92 Å². The number of carboxylic acids is 1. The quantitative estimate of drug-likeness (QED) is 0.891. The Bertz CT molecular complexity index is 655. The molecule has 19 heavy (non-hydrogen) atoms. The van der Waals surface area contributed by atoms with Crippen LogP contribution in [-0.4, -0.2) is 25.0 Å². The summed E-state index contributed by atoms with van der Waals surface area (Å²) in [6.07, 6.45) is 1.31. The molecule has 2 N–H and O–H groups in total. The lowest BCUT2D eigenvalue weighted by Crippen LogP contribution is -2.35. The molecule has 0 heterocycles. The highest BCUT2D eigenvalue weighted by Crippen LogP contribution is 2.36. The minimum atomic E-state index is -4.14. The number of aromatic carboxylic acids is 1. The van der Waals surface area contributed by atoms with Gasteiger partial charge in [0.1, 0.15) is 4.90 Å². The Balaban J connectivity index is 2.53. The maximum absolute atomic E-state index is 13.9. The number of hydrogen-bond acceptors (Lipinski definition) is 3. The molecular formula is C11H11ClFNO4S. The van der Waals surface area contributed by atoms with E-state index in [2.05, 4.69) is 4.72 Å². The van der Waals surface area contributed by atoms with Crippen LogP contribution < -0.4 is 4.72 Å². The molecule has 0 unspecified atom stereocenters. The third-order valence-corrected chi connectivity index (χ3v) is 4.76. The molecule has 0 saturated heterocycles. The monoisotopic (exact) mass is 307 g/mol. The van der Waals surface area contributed by atoms with Crippen LogP contribution in [0.3, 0.4) is 0 Å². The normalized spacial score (nSPS) is 17.2. The average Bonchev–Trinajstić information content (AvgIpc) is 2.97. The Kier molecular flexibility index (Phi) is 3.32. The minimum absolute atomic E-state index is 0.153. The van der Waals surface area contributed by atoms with Gasteiger partial charge < -0.3 is 5.11 Å². The standard InChI is InChI=1S/C11H11ClFNO4S/c1-11(2-3-11)14-19(17,18)8-5-6(12)4-7(9(8)13)10(15)16/h4-5,14H,2-3H2,1H3,(H,15,16). The van der Waals surface area contributed by atoms with Crippen LogP contribution in [0.25, 0.3) is 0 Å². The van der Waals surface area contributed by atoms with E-state index in [1.807, 2.05) is 0 Å². The lowest BCUT2D eigenvalue weighted by Gasteiger charge is -2.13. The van der Waals surface area contributed by atoms with E-state index in [0.717, 1.165) is 12.1 Å². The van der Waals surface area contributed by atoms with Gasteiger partial charge in [-0.15, -0.1) is 0 Å². The maximum atomic E-state index is 13.9. The number of hydrogen-bond donors (Lipinski definition) is 2. The molecular weight excluding hydrogens is 297 g/mol. The smallest absolute Gasteiger partial charge is 0.338 e. The van der Waals surface area contributed by atoms with Crippen molar-refractivity contribution in [3.05, 3.63) is 28.5 Å². The van der Waals surface area contributed by atoms with Gasteiger partial charge in [0.25, 0.3) is 0 Å². The second kappa shape index (κ2) is 4.43. The Morgan fingerprint density at radius 3 is 2.53 bits per heavy atom. The van der Waals surface area contributed by atoms with Crippen LogP contribution in [0.15, 0.2) is 17.0 Å². The fraction of sp³-hybridized carbons (Fsp3) is 0.364. The van der Waals surface area contributed by atoms with Crippen molar-refractivity contribution in [2.75, 3.05) is 0 Å². The molecule has 0 aromatic heterocycles. The number of sulfonamides is 1. The van der Waals surface area contributed by atoms with Gasteiger partial charge in [0.2, 0.25) is 10.0 Å². The Labute approximate surface area is 114 Å². The molecule has 1 aliphatic rings. The molecule has 1 aliphatic carbocycles. The number of carbonyl (C=O) groups is 1. The first kappa shape index (κ1) is 14.2. The van der Waals surface area contributed by atoms with Gasteiger partial charge in [-0.05, 0) is 31.9 Å². The van der Waals surface area contributed by atoms with Crippen molar-refractivity contribution < 1.29 is 22.7 Å². The van der Waals surface area contributed by atoms with Crippen molar-refractivity contribution in [2.45, 2.75) is 30.2 Å². The highest BCUT2D eigenvalue weighted by Gasteiger charge is 2.42. The van der Waals surface area contributed by atoms with Crippen LogP contribution in [-0.2, 0) is 10.0 Å². The summed E-state index contributed by atoms with van der Waals surface area (Å²) < 4.78 is 40.3. The largest absolute Gasteiger partial charge is 0.478 e. The van der Waals surface area contributed by atoms with Crippen molar-refractivity contribution in [3.63, 3.8) is 0 Å². The predicted octanol–water partition coefficient (Wildman–Crippen LogP) is 2.01. The van der Waals surface area contributed by atoms with Crippen LogP contribution in [0.4, 0.5) is 4.39 Å². The van der Waals surface area contributed by atoms with E-state index in [9.17, 15) is 17.6 Å². The summed E-state index contributed by atoms with van der Waals surface area (Å²) >= 11 is 5.64. The second-order valence-corrected chi connectivity index (χ2v) is 6.82. The summed E-state index contributed by atoms with van der Waals surface area (Å²) in [5, 5.41) is 8.66. The summed E-state index contributed by atoms with van der Waals surface area (Å²) in [6.45, 7) is 1.69. The zero-order chi connectivity index (χ0) is 14.4. The Morgan fingerprint density at radius 1 is 1.47 bits per heavy atom. The van der Waals surface area contributed by atoms with Crippen LogP contribution in [0, 0.1) is 5.82 Å². The Morgan fingerprint density at radius 2 is 2.05 bits per heavy atom. The molecule has 2 rings (SSSR count). The first-order valence-electron chi connectivity index (χ1n) is 5.41. The Hall–Kier alpha value is -1.18. The summed E-state index contributed by atoms with van der Waals surface area (Å²) in [5.41, 5.74) is -1.36. The lowest BCUT2D eigenvalue weighted by molar-refractivity contribution is 0.0691. The number of benzene rings is 1. The molecule has 8 heteroatoms. The molecule has 0 amide bonds. The third kappa shape index (κ3) is 2.88. The molecule has 0 aliphatic heterocycles. The lowest BCUT2D eigenvalue weighted by atomic mass is 10.2. The molecule has 0 atom stereocenters. The van der Waals surface area contributed by atoms with Crippen molar-refractivity contribution >= 4 is 27.6 Å². The van der Waals surface area contributed by atoms with E-state index < -0.39 is 37.8 Å². The molecule has 104 valence electrons.